The van der Waals surface area contributed by atoms with Crippen molar-refractivity contribution < 1.29 is 22.7 Å². The number of amidine groups is 1. The molecule has 2 fully saturated rings. The molecule has 3 aliphatic rings. The van der Waals surface area contributed by atoms with Gasteiger partial charge in [0.1, 0.15) is 10.7 Å². The van der Waals surface area contributed by atoms with Crippen LogP contribution in [0.1, 0.15) is 48.9 Å². The second kappa shape index (κ2) is 7.78. The zero-order valence-electron chi connectivity index (χ0n) is 16.5. The maximum Gasteiger partial charge on any atom is 0.308 e. The van der Waals surface area contributed by atoms with Gasteiger partial charge in [-0.1, -0.05) is 6.42 Å². The largest absolute Gasteiger partial charge is 0.469 e. The van der Waals surface area contributed by atoms with E-state index in [-0.39, 0.29) is 22.7 Å². The van der Waals surface area contributed by atoms with Crippen LogP contribution in [0.3, 0.4) is 0 Å². The Hall–Kier alpha value is -2.42. The summed E-state index contributed by atoms with van der Waals surface area (Å²) in [5.74, 6) is -0.0669. The summed E-state index contributed by atoms with van der Waals surface area (Å²) in [6.45, 7) is 1.61. The van der Waals surface area contributed by atoms with Crippen LogP contribution in [0, 0.1) is 5.92 Å². The molecule has 1 aromatic rings. The number of piperidine rings is 1. The van der Waals surface area contributed by atoms with Crippen LogP contribution in [0.5, 0.6) is 0 Å². The highest BCUT2D eigenvalue weighted by atomic mass is 32.2. The average Bonchev–Trinajstić information content (AvgIpc) is 2.97. The third kappa shape index (κ3) is 3.75. The maximum absolute atomic E-state index is 12.9. The van der Waals surface area contributed by atoms with Crippen molar-refractivity contribution in [3.05, 3.63) is 23.8 Å². The minimum Gasteiger partial charge on any atom is -0.469 e. The summed E-state index contributed by atoms with van der Waals surface area (Å²) in [7, 11) is -2.46. The molecule has 0 saturated carbocycles. The molecule has 0 aliphatic carbocycles. The van der Waals surface area contributed by atoms with E-state index in [0.29, 0.717) is 49.4 Å². The predicted molar refractivity (Wildman–Crippen MR) is 108 cm³/mol. The van der Waals surface area contributed by atoms with Gasteiger partial charge in [-0.05, 0) is 43.9 Å². The number of hydrogen-bond donors (Lipinski definition) is 0. The van der Waals surface area contributed by atoms with Gasteiger partial charge in [0.2, 0.25) is 0 Å². The van der Waals surface area contributed by atoms with Crippen LogP contribution in [-0.4, -0.2) is 57.8 Å². The maximum atomic E-state index is 12.9. The lowest BCUT2D eigenvalue weighted by Crippen LogP contribution is -2.40. The molecule has 3 heterocycles. The monoisotopic (exact) mass is 419 g/mol. The highest BCUT2D eigenvalue weighted by Gasteiger charge is 2.33. The van der Waals surface area contributed by atoms with Crippen LogP contribution in [0.15, 0.2) is 27.5 Å². The van der Waals surface area contributed by atoms with Crippen molar-refractivity contribution in [3.63, 3.8) is 0 Å². The molecule has 29 heavy (non-hydrogen) atoms. The van der Waals surface area contributed by atoms with Crippen LogP contribution >= 0.6 is 0 Å². The molecule has 9 heteroatoms. The number of carbonyl (C=O) groups excluding carboxylic acids is 2. The van der Waals surface area contributed by atoms with Gasteiger partial charge in [-0.2, -0.15) is 8.42 Å². The van der Waals surface area contributed by atoms with Gasteiger partial charge in [0, 0.05) is 31.6 Å². The smallest absolute Gasteiger partial charge is 0.308 e. The number of methoxy groups -OCH3 is 1. The Morgan fingerprint density at radius 3 is 2.59 bits per heavy atom. The average molecular weight is 420 g/mol. The summed E-state index contributed by atoms with van der Waals surface area (Å²) in [5, 5.41) is 0. The molecule has 4 rings (SSSR count). The zero-order chi connectivity index (χ0) is 20.6. The zero-order valence-corrected chi connectivity index (χ0v) is 17.3. The number of sulfonamides is 1. The van der Waals surface area contributed by atoms with Crippen LogP contribution in [-0.2, 0) is 19.6 Å². The Labute approximate surface area is 170 Å². The predicted octanol–water partition coefficient (Wildman–Crippen LogP) is 2.19. The van der Waals surface area contributed by atoms with E-state index in [2.05, 4.69) is 4.40 Å². The molecule has 0 aromatic heterocycles. The highest BCUT2D eigenvalue weighted by molar-refractivity contribution is 7.90. The number of fused-ring (bicyclic) bond motifs is 3. The summed E-state index contributed by atoms with van der Waals surface area (Å²) in [4.78, 5) is 28.4. The number of hydrogen-bond acceptors (Lipinski definition) is 6. The fraction of sp³-hybridized carbons (Fsp3) is 0.550. The van der Waals surface area contributed by atoms with E-state index in [1.807, 2.05) is 4.90 Å². The van der Waals surface area contributed by atoms with Crippen LogP contribution in [0.4, 0.5) is 5.69 Å². The van der Waals surface area contributed by atoms with Crippen LogP contribution in [0.25, 0.3) is 0 Å². The number of rotatable bonds is 2. The first-order chi connectivity index (χ1) is 13.9. The van der Waals surface area contributed by atoms with E-state index in [4.69, 9.17) is 4.74 Å². The number of likely N-dealkylation sites (tertiary alicyclic amines) is 1. The van der Waals surface area contributed by atoms with E-state index < -0.39 is 10.0 Å². The van der Waals surface area contributed by atoms with Crippen LogP contribution < -0.4 is 4.90 Å². The van der Waals surface area contributed by atoms with E-state index in [9.17, 15) is 18.0 Å². The molecule has 8 nitrogen and oxygen atoms in total. The molecular formula is C20H25N3O5S. The topological polar surface area (TPSA) is 96.3 Å². The number of benzene rings is 1. The minimum atomic E-state index is -3.82. The van der Waals surface area contributed by atoms with E-state index in [1.54, 1.807) is 17.0 Å². The Kier molecular flexibility index (Phi) is 5.33. The van der Waals surface area contributed by atoms with Gasteiger partial charge in [-0.15, -0.1) is 4.40 Å². The molecule has 0 N–H and O–H groups in total. The van der Waals surface area contributed by atoms with Crippen molar-refractivity contribution in [2.45, 2.75) is 43.4 Å². The summed E-state index contributed by atoms with van der Waals surface area (Å²) < 4.78 is 34.3. The Bertz CT molecular complexity index is 964. The third-order valence-corrected chi connectivity index (χ3v) is 7.25. The lowest BCUT2D eigenvalue weighted by molar-refractivity contribution is -0.146. The first kappa shape index (κ1) is 19.9. The number of carbonyl (C=O) groups is 2. The van der Waals surface area contributed by atoms with Gasteiger partial charge < -0.3 is 14.5 Å². The standard InChI is InChI=1S/C20H25N3O5S/c1-28-20(25)14-8-11-22(12-9-14)19(24)15-6-7-16-17(13-15)29(26,27)21-18-5-3-2-4-10-23(16)18/h6-7,13-14H,2-5,8-12H2,1H3. The molecule has 156 valence electrons. The summed E-state index contributed by atoms with van der Waals surface area (Å²) in [6, 6.07) is 4.86. The molecule has 1 aromatic carbocycles. The summed E-state index contributed by atoms with van der Waals surface area (Å²) >= 11 is 0. The van der Waals surface area contributed by atoms with Gasteiger partial charge in [0.05, 0.1) is 18.7 Å². The molecule has 0 unspecified atom stereocenters. The first-order valence-corrected chi connectivity index (χ1v) is 11.5. The quantitative estimate of drug-likeness (QED) is 0.682. The molecule has 0 radical (unpaired) electrons. The molecule has 0 spiro atoms. The number of nitrogens with zero attached hydrogens (tertiary/aromatic N) is 3. The number of esters is 1. The lowest BCUT2D eigenvalue weighted by atomic mass is 9.96. The van der Waals surface area contributed by atoms with Crippen molar-refractivity contribution in [1.82, 2.24) is 4.90 Å². The van der Waals surface area contributed by atoms with Gasteiger partial charge >= 0.3 is 5.97 Å². The minimum absolute atomic E-state index is 0.0958. The fourth-order valence-electron chi connectivity index (χ4n) is 4.28. The van der Waals surface area contributed by atoms with Gasteiger partial charge in [0.15, 0.2) is 0 Å². The van der Waals surface area contributed by atoms with Crippen molar-refractivity contribution in [2.24, 2.45) is 10.3 Å². The van der Waals surface area contributed by atoms with Crippen molar-refractivity contribution in [2.75, 3.05) is 31.6 Å². The Balaban J connectivity index is 1.58. The van der Waals surface area contributed by atoms with E-state index in [1.165, 1.54) is 13.2 Å². The van der Waals surface area contributed by atoms with Gasteiger partial charge in [0.25, 0.3) is 15.9 Å². The fourth-order valence-corrected chi connectivity index (χ4v) is 5.56. The molecule has 2 saturated heterocycles. The van der Waals surface area contributed by atoms with Gasteiger partial charge in [-0.3, -0.25) is 9.59 Å². The molecular weight excluding hydrogens is 394 g/mol. The van der Waals surface area contributed by atoms with Crippen LogP contribution in [0.2, 0.25) is 0 Å². The SMILES string of the molecule is COC(=O)C1CCN(C(=O)c2ccc3c(c2)S(=O)(=O)N=C2CCCCCN23)CC1. The molecule has 0 atom stereocenters. The lowest BCUT2D eigenvalue weighted by Gasteiger charge is -2.32. The van der Waals surface area contributed by atoms with Gasteiger partial charge in [-0.25, -0.2) is 0 Å². The molecule has 3 aliphatic heterocycles. The molecule has 1 amide bonds. The van der Waals surface area contributed by atoms with Crippen molar-refractivity contribution >= 4 is 33.4 Å². The second-order valence-corrected chi connectivity index (χ2v) is 9.29. The third-order valence-electron chi connectivity index (χ3n) is 5.91. The normalized spacial score (nSPS) is 21.5. The number of ether oxygens (including phenoxy) is 1. The van der Waals surface area contributed by atoms with Crippen molar-refractivity contribution in [3.8, 4) is 0 Å². The Morgan fingerprint density at radius 1 is 1.10 bits per heavy atom. The van der Waals surface area contributed by atoms with Crippen molar-refractivity contribution in [1.29, 1.82) is 0 Å². The number of anilines is 1. The summed E-state index contributed by atoms with van der Waals surface area (Å²) in [5.41, 5.74) is 0.940. The van der Waals surface area contributed by atoms with E-state index in [0.717, 1.165) is 25.8 Å². The van der Waals surface area contributed by atoms with E-state index >= 15 is 0 Å². The highest BCUT2D eigenvalue weighted by Crippen LogP contribution is 2.35. The number of amides is 1. The Morgan fingerprint density at radius 2 is 1.86 bits per heavy atom. The first-order valence-electron chi connectivity index (χ1n) is 10.0. The second-order valence-electron chi connectivity index (χ2n) is 7.72. The summed E-state index contributed by atoms with van der Waals surface area (Å²) in [6.07, 6.45) is 4.69. The molecule has 0 bridgehead atoms.